The second-order valence-electron chi connectivity index (χ2n) is 7.37. The highest BCUT2D eigenvalue weighted by Crippen LogP contribution is 2.47. The zero-order valence-corrected chi connectivity index (χ0v) is 15.7. The van der Waals surface area contributed by atoms with E-state index < -0.39 is 0 Å². The lowest BCUT2D eigenvalue weighted by atomic mass is 9.78. The SMILES string of the molecule is CCNC(c1cc(C)cc(Br)c1)C1CC(C)(C)OC1(C)C. The van der Waals surface area contributed by atoms with E-state index in [1.165, 1.54) is 11.1 Å². The van der Waals surface area contributed by atoms with E-state index in [9.17, 15) is 0 Å². The number of hydrogen-bond donors (Lipinski definition) is 1. The number of benzene rings is 1. The third kappa shape index (κ3) is 3.88. The van der Waals surface area contributed by atoms with Gasteiger partial charge in [-0.1, -0.05) is 28.9 Å². The summed E-state index contributed by atoms with van der Waals surface area (Å²) >= 11 is 3.63. The Labute approximate surface area is 137 Å². The second kappa shape index (κ2) is 6.02. The highest BCUT2D eigenvalue weighted by molar-refractivity contribution is 9.10. The second-order valence-corrected chi connectivity index (χ2v) is 8.29. The van der Waals surface area contributed by atoms with E-state index >= 15 is 0 Å². The average molecular weight is 354 g/mol. The topological polar surface area (TPSA) is 21.3 Å². The molecule has 118 valence electrons. The summed E-state index contributed by atoms with van der Waals surface area (Å²) in [5, 5.41) is 3.69. The molecule has 1 aliphatic heterocycles. The van der Waals surface area contributed by atoms with Crippen LogP contribution in [0.25, 0.3) is 0 Å². The summed E-state index contributed by atoms with van der Waals surface area (Å²) in [5.74, 6) is 0.459. The fourth-order valence-corrected chi connectivity index (χ4v) is 4.41. The Balaban J connectivity index is 2.39. The summed E-state index contributed by atoms with van der Waals surface area (Å²) in [5.41, 5.74) is 2.47. The van der Waals surface area contributed by atoms with Gasteiger partial charge in [0.15, 0.2) is 0 Å². The predicted molar refractivity (Wildman–Crippen MR) is 92.6 cm³/mol. The minimum absolute atomic E-state index is 0.0527. The lowest BCUT2D eigenvalue weighted by Crippen LogP contribution is -2.38. The van der Waals surface area contributed by atoms with Crippen molar-refractivity contribution in [1.82, 2.24) is 5.32 Å². The first kappa shape index (κ1) is 17.0. The lowest BCUT2D eigenvalue weighted by Gasteiger charge is -2.34. The van der Waals surface area contributed by atoms with Crippen LogP contribution < -0.4 is 5.32 Å². The van der Waals surface area contributed by atoms with Crippen LogP contribution in [0.1, 0.15) is 58.2 Å². The maximum atomic E-state index is 6.31. The maximum Gasteiger partial charge on any atom is 0.0681 e. The lowest BCUT2D eigenvalue weighted by molar-refractivity contribution is -0.0778. The van der Waals surface area contributed by atoms with Gasteiger partial charge in [0.05, 0.1) is 11.2 Å². The van der Waals surface area contributed by atoms with E-state index in [-0.39, 0.29) is 11.2 Å². The van der Waals surface area contributed by atoms with Gasteiger partial charge in [0.1, 0.15) is 0 Å². The number of hydrogen-bond acceptors (Lipinski definition) is 2. The molecule has 0 saturated carbocycles. The van der Waals surface area contributed by atoms with Crippen LogP contribution in [0.15, 0.2) is 22.7 Å². The number of nitrogens with one attached hydrogen (secondary N) is 1. The van der Waals surface area contributed by atoms with Crippen LogP contribution in [-0.2, 0) is 4.74 Å². The molecule has 1 N–H and O–H groups in total. The monoisotopic (exact) mass is 353 g/mol. The molecule has 2 unspecified atom stereocenters. The van der Waals surface area contributed by atoms with Gasteiger partial charge in [0.25, 0.3) is 0 Å². The molecule has 2 nitrogen and oxygen atoms in total. The van der Waals surface area contributed by atoms with Crippen LogP contribution in [0.2, 0.25) is 0 Å². The van der Waals surface area contributed by atoms with Crippen molar-refractivity contribution in [2.24, 2.45) is 5.92 Å². The van der Waals surface area contributed by atoms with Crippen molar-refractivity contribution in [2.45, 2.75) is 65.2 Å². The van der Waals surface area contributed by atoms with Gasteiger partial charge in [-0.2, -0.15) is 0 Å². The van der Waals surface area contributed by atoms with Crippen LogP contribution in [-0.4, -0.2) is 17.7 Å². The third-order valence-electron chi connectivity index (χ3n) is 4.39. The quantitative estimate of drug-likeness (QED) is 0.821. The first-order chi connectivity index (χ1) is 9.64. The molecule has 1 saturated heterocycles. The third-order valence-corrected chi connectivity index (χ3v) is 4.85. The van der Waals surface area contributed by atoms with Crippen LogP contribution in [0.5, 0.6) is 0 Å². The predicted octanol–water partition coefficient (Wildman–Crippen LogP) is 5.00. The fraction of sp³-hybridized carbons (Fsp3) is 0.667. The number of aryl methyl sites for hydroxylation is 1. The molecule has 0 aromatic heterocycles. The molecule has 1 aromatic rings. The Morgan fingerprint density at radius 3 is 2.43 bits per heavy atom. The van der Waals surface area contributed by atoms with Crippen LogP contribution in [0.4, 0.5) is 0 Å². The number of halogens is 1. The van der Waals surface area contributed by atoms with E-state index in [4.69, 9.17) is 4.74 Å². The molecular formula is C18H28BrNO. The first-order valence-corrected chi connectivity index (χ1v) is 8.64. The zero-order chi connectivity index (χ0) is 15.8. The van der Waals surface area contributed by atoms with Crippen LogP contribution in [0, 0.1) is 12.8 Å². The minimum atomic E-state index is -0.118. The van der Waals surface area contributed by atoms with Crippen molar-refractivity contribution in [1.29, 1.82) is 0 Å². The summed E-state index contributed by atoms with van der Waals surface area (Å²) in [4.78, 5) is 0. The van der Waals surface area contributed by atoms with E-state index in [0.717, 1.165) is 17.4 Å². The Bertz CT molecular complexity index is 490. The smallest absolute Gasteiger partial charge is 0.0681 e. The van der Waals surface area contributed by atoms with Crippen molar-refractivity contribution in [3.05, 3.63) is 33.8 Å². The molecule has 1 fully saturated rings. The standard InChI is InChI=1S/C18H28BrNO/c1-7-20-16(13-8-12(2)9-14(19)10-13)15-11-17(3,4)21-18(15,5)6/h8-10,15-16,20H,7,11H2,1-6H3. The number of rotatable bonds is 4. The van der Waals surface area contributed by atoms with Gasteiger partial charge in [0.2, 0.25) is 0 Å². The average Bonchev–Trinajstić information content (AvgIpc) is 2.52. The highest BCUT2D eigenvalue weighted by Gasteiger charge is 2.49. The molecule has 0 bridgehead atoms. The molecule has 1 heterocycles. The molecule has 3 heteroatoms. The van der Waals surface area contributed by atoms with Crippen molar-refractivity contribution in [3.63, 3.8) is 0 Å². The van der Waals surface area contributed by atoms with Gasteiger partial charge in [-0.3, -0.25) is 0 Å². The van der Waals surface area contributed by atoms with Crippen LogP contribution in [0.3, 0.4) is 0 Å². The van der Waals surface area contributed by atoms with Crippen molar-refractivity contribution >= 4 is 15.9 Å². The van der Waals surface area contributed by atoms with Crippen LogP contribution >= 0.6 is 15.9 Å². The summed E-state index contributed by atoms with van der Waals surface area (Å²) in [6.45, 7) is 14.1. The van der Waals surface area contributed by atoms with Crippen molar-refractivity contribution in [2.75, 3.05) is 6.54 Å². The zero-order valence-electron chi connectivity index (χ0n) is 14.1. The Morgan fingerprint density at radius 1 is 1.29 bits per heavy atom. The minimum Gasteiger partial charge on any atom is -0.369 e. The molecule has 0 radical (unpaired) electrons. The molecule has 2 atom stereocenters. The van der Waals surface area contributed by atoms with E-state index in [1.54, 1.807) is 0 Å². The van der Waals surface area contributed by atoms with Crippen molar-refractivity contribution in [3.8, 4) is 0 Å². The Morgan fingerprint density at radius 2 is 1.95 bits per heavy atom. The Kier molecular flexibility index (Phi) is 4.87. The van der Waals surface area contributed by atoms with Gasteiger partial charge >= 0.3 is 0 Å². The molecule has 21 heavy (non-hydrogen) atoms. The van der Waals surface area contributed by atoms with Gasteiger partial charge in [-0.05, 0) is 70.8 Å². The summed E-state index contributed by atoms with van der Waals surface area (Å²) in [7, 11) is 0. The Hall–Kier alpha value is -0.380. The maximum absolute atomic E-state index is 6.31. The number of ether oxygens (including phenoxy) is 1. The van der Waals surface area contributed by atoms with E-state index in [0.29, 0.717) is 12.0 Å². The van der Waals surface area contributed by atoms with Gasteiger partial charge in [0, 0.05) is 16.4 Å². The summed E-state index contributed by atoms with van der Waals surface area (Å²) in [6.07, 6.45) is 1.07. The molecule has 1 aromatic carbocycles. The molecule has 2 rings (SSSR count). The van der Waals surface area contributed by atoms with Gasteiger partial charge < -0.3 is 10.1 Å². The summed E-state index contributed by atoms with van der Waals surface area (Å²) < 4.78 is 7.46. The van der Waals surface area contributed by atoms with E-state index in [1.807, 2.05) is 0 Å². The normalized spacial score (nSPS) is 25.0. The van der Waals surface area contributed by atoms with E-state index in [2.05, 4.69) is 81.0 Å². The van der Waals surface area contributed by atoms with Crippen molar-refractivity contribution < 1.29 is 4.74 Å². The fourth-order valence-electron chi connectivity index (χ4n) is 3.78. The molecule has 0 aliphatic carbocycles. The summed E-state index contributed by atoms with van der Waals surface area (Å²) in [6, 6.07) is 7.01. The molecule has 1 aliphatic rings. The largest absolute Gasteiger partial charge is 0.369 e. The molecule has 0 amide bonds. The first-order valence-electron chi connectivity index (χ1n) is 7.85. The van der Waals surface area contributed by atoms with Gasteiger partial charge in [-0.15, -0.1) is 0 Å². The highest BCUT2D eigenvalue weighted by atomic mass is 79.9. The molecule has 0 spiro atoms. The van der Waals surface area contributed by atoms with Gasteiger partial charge in [-0.25, -0.2) is 0 Å². The molecular weight excluding hydrogens is 326 g/mol.